The maximum Gasteiger partial charge on any atom is 0.148 e. The van der Waals surface area contributed by atoms with Crippen molar-refractivity contribution in [1.82, 2.24) is 0 Å². The van der Waals surface area contributed by atoms with Crippen LogP contribution >= 0.6 is 0 Å². The Bertz CT molecular complexity index is 470. The molecule has 1 fully saturated rings. The second-order valence-electron chi connectivity index (χ2n) is 4.68. The van der Waals surface area contributed by atoms with Gasteiger partial charge in [0, 0.05) is 18.7 Å². The molecule has 0 radical (unpaired) electrons. The van der Waals surface area contributed by atoms with Crippen molar-refractivity contribution in [3.05, 3.63) is 24.0 Å². The predicted octanol–water partition coefficient (Wildman–Crippen LogP) is 2.82. The van der Waals surface area contributed by atoms with Crippen molar-refractivity contribution in [2.45, 2.75) is 31.9 Å². The summed E-state index contributed by atoms with van der Waals surface area (Å²) in [6.07, 6.45) is 7.18. The zero-order valence-corrected chi connectivity index (χ0v) is 11.0. The first-order chi connectivity index (χ1) is 9.19. The van der Waals surface area contributed by atoms with E-state index in [4.69, 9.17) is 15.9 Å². The molecule has 1 aromatic carbocycles. The molecule has 0 amide bonds. The molecule has 1 aliphatic rings. The summed E-state index contributed by atoms with van der Waals surface area (Å²) in [5.41, 5.74) is 0.648. The summed E-state index contributed by atoms with van der Waals surface area (Å²) in [4.78, 5) is 0. The van der Waals surface area contributed by atoms with E-state index in [1.54, 1.807) is 6.07 Å². The highest BCUT2D eigenvalue weighted by atomic mass is 19.1. The van der Waals surface area contributed by atoms with Gasteiger partial charge in [-0.25, -0.2) is 4.39 Å². The lowest BCUT2D eigenvalue weighted by Gasteiger charge is -2.29. The lowest BCUT2D eigenvalue weighted by atomic mass is 10.0. The van der Waals surface area contributed by atoms with Crippen molar-refractivity contribution in [2.75, 3.05) is 18.5 Å². The average molecular weight is 263 g/mol. The number of hydrogen-bond acceptors (Lipinski definition) is 3. The summed E-state index contributed by atoms with van der Waals surface area (Å²) in [6.45, 7) is 2.92. The van der Waals surface area contributed by atoms with Crippen LogP contribution in [0.15, 0.2) is 18.2 Å². The highest BCUT2D eigenvalue weighted by Gasteiger charge is 2.20. The van der Waals surface area contributed by atoms with E-state index in [-0.39, 0.29) is 24.6 Å². The number of ether oxygens (including phenoxy) is 2. The van der Waals surface area contributed by atoms with E-state index in [1.165, 1.54) is 12.1 Å². The van der Waals surface area contributed by atoms with Crippen molar-refractivity contribution in [1.29, 1.82) is 0 Å². The van der Waals surface area contributed by atoms with Crippen molar-refractivity contribution in [3.63, 3.8) is 0 Å². The molecule has 1 heterocycles. The van der Waals surface area contributed by atoms with E-state index in [1.807, 2.05) is 6.92 Å². The number of nitrogens with one attached hydrogen (secondary N) is 1. The minimum absolute atomic E-state index is 0.171. The Kier molecular flexibility index (Phi) is 4.64. The fraction of sp³-hybridized carbons (Fsp3) is 0.467. The fourth-order valence-corrected chi connectivity index (χ4v) is 2.21. The van der Waals surface area contributed by atoms with Gasteiger partial charge >= 0.3 is 0 Å². The topological polar surface area (TPSA) is 30.5 Å². The maximum atomic E-state index is 13.3. The van der Waals surface area contributed by atoms with Gasteiger partial charge < -0.3 is 14.8 Å². The van der Waals surface area contributed by atoms with Gasteiger partial charge in [0.25, 0.3) is 0 Å². The van der Waals surface area contributed by atoms with Crippen LogP contribution in [-0.4, -0.2) is 25.4 Å². The second kappa shape index (κ2) is 6.44. The van der Waals surface area contributed by atoms with Gasteiger partial charge in [-0.3, -0.25) is 0 Å². The molecule has 1 N–H and O–H groups in total. The molecule has 19 heavy (non-hydrogen) atoms. The molecule has 0 saturated carbocycles. The van der Waals surface area contributed by atoms with Gasteiger partial charge in [0.15, 0.2) is 0 Å². The largest absolute Gasteiger partial charge is 0.479 e. The Labute approximate surface area is 113 Å². The molecule has 1 saturated heterocycles. The first-order valence-corrected chi connectivity index (χ1v) is 6.43. The molecule has 2 unspecified atom stereocenters. The molecule has 3 nitrogen and oxygen atoms in total. The third kappa shape index (κ3) is 3.87. The van der Waals surface area contributed by atoms with Gasteiger partial charge in [0.05, 0.1) is 11.8 Å². The summed E-state index contributed by atoms with van der Waals surface area (Å²) >= 11 is 0. The van der Waals surface area contributed by atoms with E-state index >= 15 is 0 Å². The van der Waals surface area contributed by atoms with Crippen LogP contribution in [0.2, 0.25) is 0 Å². The SMILES string of the molecule is C#CCOc1ccc(F)cc1NC1CCOC(C)C1. The third-order valence-corrected chi connectivity index (χ3v) is 3.10. The lowest BCUT2D eigenvalue weighted by molar-refractivity contribution is 0.0232. The van der Waals surface area contributed by atoms with E-state index < -0.39 is 0 Å². The van der Waals surface area contributed by atoms with Crippen LogP contribution in [0.25, 0.3) is 0 Å². The highest BCUT2D eigenvalue weighted by molar-refractivity contribution is 5.57. The van der Waals surface area contributed by atoms with Crippen LogP contribution in [-0.2, 0) is 4.74 Å². The van der Waals surface area contributed by atoms with Crippen LogP contribution in [0.4, 0.5) is 10.1 Å². The van der Waals surface area contributed by atoms with E-state index in [0.717, 1.165) is 12.8 Å². The van der Waals surface area contributed by atoms with Gasteiger partial charge in [0.1, 0.15) is 18.2 Å². The second-order valence-corrected chi connectivity index (χ2v) is 4.68. The molecule has 0 bridgehead atoms. The molecule has 102 valence electrons. The molecule has 1 aromatic rings. The molecular formula is C15H18FNO2. The van der Waals surface area contributed by atoms with E-state index in [2.05, 4.69) is 11.2 Å². The quantitative estimate of drug-likeness (QED) is 0.847. The number of rotatable bonds is 4. The van der Waals surface area contributed by atoms with Crippen LogP contribution in [0.3, 0.4) is 0 Å². The maximum absolute atomic E-state index is 13.3. The average Bonchev–Trinajstić information content (AvgIpc) is 2.38. The molecule has 2 rings (SSSR count). The summed E-state index contributed by atoms with van der Waals surface area (Å²) in [7, 11) is 0. The van der Waals surface area contributed by atoms with Gasteiger partial charge in [0.2, 0.25) is 0 Å². The Morgan fingerprint density at radius 2 is 2.42 bits per heavy atom. The number of halogens is 1. The standard InChI is InChI=1S/C15H18FNO2/c1-3-7-19-15-5-4-12(16)10-14(15)17-13-6-8-18-11(2)9-13/h1,4-5,10-11,13,17H,6-9H2,2H3. The Morgan fingerprint density at radius 3 is 3.16 bits per heavy atom. The number of terminal acetylenes is 1. The van der Waals surface area contributed by atoms with Crippen molar-refractivity contribution >= 4 is 5.69 Å². The monoisotopic (exact) mass is 263 g/mol. The molecule has 1 aliphatic heterocycles. The summed E-state index contributed by atoms with van der Waals surface area (Å²) in [5, 5.41) is 3.32. The Morgan fingerprint density at radius 1 is 1.58 bits per heavy atom. The van der Waals surface area contributed by atoms with Gasteiger partial charge in [-0.15, -0.1) is 6.42 Å². The van der Waals surface area contributed by atoms with Crippen molar-refractivity contribution in [2.24, 2.45) is 0 Å². The zero-order chi connectivity index (χ0) is 13.7. The number of anilines is 1. The van der Waals surface area contributed by atoms with Crippen LogP contribution in [0.5, 0.6) is 5.75 Å². The minimum Gasteiger partial charge on any atom is -0.479 e. The Hall–Kier alpha value is -1.73. The van der Waals surface area contributed by atoms with Gasteiger partial charge in [-0.2, -0.15) is 0 Å². The van der Waals surface area contributed by atoms with Crippen LogP contribution in [0, 0.1) is 18.2 Å². The minimum atomic E-state index is -0.296. The Balaban J connectivity index is 2.09. The summed E-state index contributed by atoms with van der Waals surface area (Å²) in [6, 6.07) is 4.66. The molecule has 2 atom stereocenters. The normalized spacial score (nSPS) is 22.6. The third-order valence-electron chi connectivity index (χ3n) is 3.10. The number of hydrogen-bond donors (Lipinski definition) is 1. The van der Waals surface area contributed by atoms with Crippen LogP contribution in [0.1, 0.15) is 19.8 Å². The van der Waals surface area contributed by atoms with Crippen molar-refractivity contribution < 1.29 is 13.9 Å². The molecule has 4 heteroatoms. The lowest BCUT2D eigenvalue weighted by Crippen LogP contribution is -2.32. The van der Waals surface area contributed by atoms with Crippen molar-refractivity contribution in [3.8, 4) is 18.1 Å². The first kappa shape index (κ1) is 13.7. The van der Waals surface area contributed by atoms with E-state index in [0.29, 0.717) is 18.0 Å². The van der Waals surface area contributed by atoms with Crippen LogP contribution < -0.4 is 10.1 Å². The van der Waals surface area contributed by atoms with Gasteiger partial charge in [-0.05, 0) is 31.9 Å². The molecule has 0 aromatic heterocycles. The summed E-state index contributed by atoms with van der Waals surface area (Å²) in [5.74, 6) is 2.69. The molecule has 0 spiro atoms. The number of benzene rings is 1. The molecule has 0 aliphatic carbocycles. The first-order valence-electron chi connectivity index (χ1n) is 6.43. The van der Waals surface area contributed by atoms with E-state index in [9.17, 15) is 4.39 Å². The summed E-state index contributed by atoms with van der Waals surface area (Å²) < 4.78 is 24.2. The fourth-order valence-electron chi connectivity index (χ4n) is 2.21. The highest BCUT2D eigenvalue weighted by Crippen LogP contribution is 2.28. The predicted molar refractivity (Wildman–Crippen MR) is 72.8 cm³/mol. The van der Waals surface area contributed by atoms with Gasteiger partial charge in [-0.1, -0.05) is 5.92 Å². The molecular weight excluding hydrogens is 245 g/mol. The smallest absolute Gasteiger partial charge is 0.148 e. The zero-order valence-electron chi connectivity index (χ0n) is 11.0.